The molecule has 0 atom stereocenters. The molecular formula is C13H17FN4O2S. The number of sulfonamides is 1. The SMILES string of the molecule is Cc1cc(N)cc(S(=O)(=O)NCCCn2ccnc2)c1F. The number of rotatable bonds is 6. The molecule has 0 spiro atoms. The highest BCUT2D eigenvalue weighted by atomic mass is 32.2. The zero-order valence-electron chi connectivity index (χ0n) is 11.6. The van der Waals surface area contributed by atoms with E-state index in [0.29, 0.717) is 13.0 Å². The minimum absolute atomic E-state index is 0.202. The average molecular weight is 312 g/mol. The van der Waals surface area contributed by atoms with Crippen LogP contribution in [0.15, 0.2) is 35.7 Å². The van der Waals surface area contributed by atoms with E-state index in [0.717, 1.165) is 6.07 Å². The van der Waals surface area contributed by atoms with Crippen LogP contribution in [0.4, 0.5) is 10.1 Å². The van der Waals surface area contributed by atoms with Gasteiger partial charge in [-0.15, -0.1) is 0 Å². The van der Waals surface area contributed by atoms with Crippen LogP contribution in [0.3, 0.4) is 0 Å². The highest BCUT2D eigenvalue weighted by Gasteiger charge is 2.20. The molecule has 8 heteroatoms. The fourth-order valence-corrected chi connectivity index (χ4v) is 3.18. The van der Waals surface area contributed by atoms with E-state index in [-0.39, 0.29) is 17.8 Å². The number of imidazole rings is 1. The van der Waals surface area contributed by atoms with Gasteiger partial charge in [-0.3, -0.25) is 0 Å². The van der Waals surface area contributed by atoms with Crippen LogP contribution in [-0.4, -0.2) is 24.5 Å². The summed E-state index contributed by atoms with van der Waals surface area (Å²) in [4.78, 5) is 3.47. The molecule has 0 radical (unpaired) electrons. The summed E-state index contributed by atoms with van der Waals surface area (Å²) in [7, 11) is -3.91. The zero-order chi connectivity index (χ0) is 15.5. The molecule has 0 aliphatic rings. The Morgan fingerprint density at radius 3 is 2.86 bits per heavy atom. The number of hydrogen-bond acceptors (Lipinski definition) is 4. The van der Waals surface area contributed by atoms with E-state index in [4.69, 9.17) is 5.73 Å². The van der Waals surface area contributed by atoms with E-state index in [1.807, 2.05) is 4.57 Å². The third-order valence-electron chi connectivity index (χ3n) is 2.98. The smallest absolute Gasteiger partial charge is 0.243 e. The number of nitrogen functional groups attached to an aromatic ring is 1. The minimum Gasteiger partial charge on any atom is -0.399 e. The third-order valence-corrected chi connectivity index (χ3v) is 4.44. The Morgan fingerprint density at radius 2 is 2.19 bits per heavy atom. The number of nitrogens with zero attached hydrogens (tertiary/aromatic N) is 2. The first kappa shape index (κ1) is 15.5. The molecule has 21 heavy (non-hydrogen) atoms. The van der Waals surface area contributed by atoms with Crippen LogP contribution >= 0.6 is 0 Å². The molecule has 0 aliphatic carbocycles. The molecule has 2 rings (SSSR count). The van der Waals surface area contributed by atoms with Gasteiger partial charge in [-0.2, -0.15) is 0 Å². The first-order chi connectivity index (χ1) is 9.90. The molecule has 114 valence electrons. The van der Waals surface area contributed by atoms with E-state index in [1.54, 1.807) is 18.7 Å². The van der Waals surface area contributed by atoms with E-state index in [1.165, 1.54) is 13.0 Å². The molecule has 0 bridgehead atoms. The lowest BCUT2D eigenvalue weighted by Gasteiger charge is -2.10. The topological polar surface area (TPSA) is 90.0 Å². The lowest BCUT2D eigenvalue weighted by molar-refractivity contribution is 0.547. The van der Waals surface area contributed by atoms with Gasteiger partial charge in [0.25, 0.3) is 0 Å². The van der Waals surface area contributed by atoms with Gasteiger partial charge in [0.1, 0.15) is 10.7 Å². The summed E-state index contributed by atoms with van der Waals surface area (Å²) >= 11 is 0. The Balaban J connectivity index is 2.02. The van der Waals surface area contributed by atoms with E-state index in [2.05, 4.69) is 9.71 Å². The van der Waals surface area contributed by atoms with Crippen LogP contribution in [0.5, 0.6) is 0 Å². The minimum atomic E-state index is -3.91. The quantitative estimate of drug-likeness (QED) is 0.621. The van der Waals surface area contributed by atoms with Crippen molar-refractivity contribution in [2.24, 2.45) is 0 Å². The Hall–Kier alpha value is -1.93. The molecule has 2 aromatic rings. The normalized spacial score (nSPS) is 11.7. The van der Waals surface area contributed by atoms with Gasteiger partial charge >= 0.3 is 0 Å². The fraction of sp³-hybridized carbons (Fsp3) is 0.308. The Kier molecular flexibility index (Phi) is 4.59. The number of hydrogen-bond donors (Lipinski definition) is 2. The number of aromatic nitrogens is 2. The molecule has 0 fully saturated rings. The van der Waals surface area contributed by atoms with E-state index >= 15 is 0 Å². The van der Waals surface area contributed by atoms with Crippen LogP contribution in [0.1, 0.15) is 12.0 Å². The summed E-state index contributed by atoms with van der Waals surface area (Å²) in [5.74, 6) is -0.772. The van der Waals surface area contributed by atoms with Gasteiger partial charge in [0, 0.05) is 31.2 Å². The van der Waals surface area contributed by atoms with Crippen LogP contribution in [-0.2, 0) is 16.6 Å². The summed E-state index contributed by atoms with van der Waals surface area (Å²) in [5.41, 5.74) is 5.99. The van der Waals surface area contributed by atoms with Gasteiger partial charge in [-0.1, -0.05) is 0 Å². The van der Waals surface area contributed by atoms with Crippen LogP contribution in [0, 0.1) is 12.7 Å². The van der Waals surface area contributed by atoms with Crippen molar-refractivity contribution >= 4 is 15.7 Å². The van der Waals surface area contributed by atoms with Crippen molar-refractivity contribution in [3.8, 4) is 0 Å². The molecular weight excluding hydrogens is 295 g/mol. The van der Waals surface area contributed by atoms with Gasteiger partial charge in [0.15, 0.2) is 0 Å². The molecule has 0 unspecified atom stereocenters. The molecule has 3 N–H and O–H groups in total. The van der Waals surface area contributed by atoms with E-state index < -0.39 is 20.7 Å². The zero-order valence-corrected chi connectivity index (χ0v) is 12.4. The highest BCUT2D eigenvalue weighted by molar-refractivity contribution is 7.89. The number of halogens is 1. The molecule has 1 aromatic carbocycles. The van der Waals surface area contributed by atoms with Crippen molar-refractivity contribution in [3.63, 3.8) is 0 Å². The number of anilines is 1. The Morgan fingerprint density at radius 1 is 1.43 bits per heavy atom. The highest BCUT2D eigenvalue weighted by Crippen LogP contribution is 2.21. The number of nitrogens with one attached hydrogen (secondary N) is 1. The summed E-state index contributed by atoms with van der Waals surface area (Å²) in [5, 5.41) is 0. The standard InChI is InChI=1S/C13H17FN4O2S/c1-10-7-11(15)8-12(13(10)14)21(19,20)17-3-2-5-18-6-4-16-9-18/h4,6-9,17H,2-3,5,15H2,1H3. The van der Waals surface area contributed by atoms with Crippen LogP contribution in [0.2, 0.25) is 0 Å². The second-order valence-corrected chi connectivity index (χ2v) is 6.44. The fourth-order valence-electron chi connectivity index (χ4n) is 1.92. The first-order valence-corrected chi connectivity index (χ1v) is 7.89. The predicted octanol–water partition coefficient (Wildman–Crippen LogP) is 1.28. The second-order valence-electron chi connectivity index (χ2n) is 4.70. The van der Waals surface area contributed by atoms with Gasteiger partial charge in [-0.25, -0.2) is 22.5 Å². The number of aryl methyl sites for hydroxylation is 2. The Bertz CT molecular complexity index is 714. The monoisotopic (exact) mass is 312 g/mol. The second kappa shape index (κ2) is 6.23. The average Bonchev–Trinajstić information content (AvgIpc) is 2.92. The maximum Gasteiger partial charge on any atom is 0.243 e. The van der Waals surface area contributed by atoms with Crippen molar-refractivity contribution < 1.29 is 12.8 Å². The summed E-state index contributed by atoms with van der Waals surface area (Å²) in [6.45, 7) is 2.30. The van der Waals surface area contributed by atoms with Gasteiger partial charge in [-0.05, 0) is 31.0 Å². The van der Waals surface area contributed by atoms with Crippen molar-refractivity contribution in [2.75, 3.05) is 12.3 Å². The van der Waals surface area contributed by atoms with Crippen molar-refractivity contribution in [1.82, 2.24) is 14.3 Å². The maximum absolute atomic E-state index is 13.9. The molecule has 0 aliphatic heterocycles. The Labute approximate surface area is 122 Å². The van der Waals surface area contributed by atoms with Crippen molar-refractivity contribution in [1.29, 1.82) is 0 Å². The van der Waals surface area contributed by atoms with Crippen LogP contribution in [0.25, 0.3) is 0 Å². The lowest BCUT2D eigenvalue weighted by Crippen LogP contribution is -2.26. The lowest BCUT2D eigenvalue weighted by atomic mass is 10.2. The molecule has 0 amide bonds. The molecule has 6 nitrogen and oxygen atoms in total. The first-order valence-electron chi connectivity index (χ1n) is 6.41. The predicted molar refractivity (Wildman–Crippen MR) is 77.6 cm³/mol. The summed E-state index contributed by atoms with van der Waals surface area (Å²) in [6.07, 6.45) is 5.65. The molecule has 1 aromatic heterocycles. The largest absolute Gasteiger partial charge is 0.399 e. The van der Waals surface area contributed by atoms with Gasteiger partial charge < -0.3 is 10.3 Å². The van der Waals surface area contributed by atoms with Gasteiger partial charge in [0.05, 0.1) is 6.33 Å². The summed E-state index contributed by atoms with van der Waals surface area (Å²) < 4.78 is 42.3. The van der Waals surface area contributed by atoms with Gasteiger partial charge in [0.2, 0.25) is 10.0 Å². The van der Waals surface area contributed by atoms with E-state index in [9.17, 15) is 12.8 Å². The summed E-state index contributed by atoms with van der Waals surface area (Å²) in [6, 6.07) is 2.52. The molecule has 0 saturated carbocycles. The molecule has 0 saturated heterocycles. The van der Waals surface area contributed by atoms with Crippen molar-refractivity contribution in [3.05, 3.63) is 42.2 Å². The van der Waals surface area contributed by atoms with Crippen molar-refractivity contribution in [2.45, 2.75) is 24.8 Å². The maximum atomic E-state index is 13.9. The number of nitrogens with two attached hydrogens (primary N) is 1. The molecule has 1 heterocycles. The third kappa shape index (κ3) is 3.79. The van der Waals surface area contributed by atoms with Crippen LogP contribution < -0.4 is 10.5 Å². The number of benzene rings is 1.